The van der Waals surface area contributed by atoms with Crippen molar-refractivity contribution in [1.82, 2.24) is 5.32 Å². The first-order valence-corrected chi connectivity index (χ1v) is 5.21. The first-order chi connectivity index (χ1) is 6.52. The lowest BCUT2D eigenvalue weighted by atomic mass is 10.0. The van der Waals surface area contributed by atoms with E-state index in [2.05, 4.69) is 5.32 Å². The Morgan fingerprint density at radius 2 is 2.21 bits per heavy atom. The summed E-state index contributed by atoms with van der Waals surface area (Å²) in [5, 5.41) is 12.4. The molecule has 1 atom stereocenters. The molecule has 0 rings (SSSR count). The van der Waals surface area contributed by atoms with E-state index in [4.69, 9.17) is 5.73 Å². The zero-order valence-electron chi connectivity index (χ0n) is 9.18. The molecule has 0 aliphatic carbocycles. The van der Waals surface area contributed by atoms with E-state index in [-0.39, 0.29) is 5.91 Å². The van der Waals surface area contributed by atoms with Gasteiger partial charge in [0.15, 0.2) is 0 Å². The van der Waals surface area contributed by atoms with E-state index in [1.165, 1.54) is 0 Å². The minimum absolute atomic E-state index is 0.0353. The molecular weight excluding hydrogens is 180 g/mol. The summed E-state index contributed by atoms with van der Waals surface area (Å²) < 4.78 is 0. The first-order valence-electron chi connectivity index (χ1n) is 5.21. The molecule has 1 unspecified atom stereocenters. The maximum atomic E-state index is 11.2. The molecular formula is C10H22N2O2. The molecule has 0 aromatic heterocycles. The van der Waals surface area contributed by atoms with Crippen molar-refractivity contribution < 1.29 is 9.90 Å². The van der Waals surface area contributed by atoms with Crippen LogP contribution in [0.2, 0.25) is 0 Å². The van der Waals surface area contributed by atoms with Crippen LogP contribution in [0, 0.1) is 0 Å². The van der Waals surface area contributed by atoms with Crippen molar-refractivity contribution in [1.29, 1.82) is 0 Å². The quantitative estimate of drug-likeness (QED) is 0.559. The van der Waals surface area contributed by atoms with Gasteiger partial charge < -0.3 is 16.2 Å². The summed E-state index contributed by atoms with van der Waals surface area (Å²) in [6, 6.07) is 0. The van der Waals surface area contributed by atoms with Crippen molar-refractivity contribution in [3.05, 3.63) is 0 Å². The molecule has 0 saturated carbocycles. The van der Waals surface area contributed by atoms with Crippen LogP contribution in [0.25, 0.3) is 0 Å². The lowest BCUT2D eigenvalue weighted by Gasteiger charge is -2.22. The Bertz CT molecular complexity index is 170. The topological polar surface area (TPSA) is 75.3 Å². The molecule has 0 spiro atoms. The second-order valence-corrected chi connectivity index (χ2v) is 3.92. The molecule has 4 nitrogen and oxygen atoms in total. The molecule has 0 radical (unpaired) electrons. The van der Waals surface area contributed by atoms with Crippen molar-refractivity contribution in [3.63, 3.8) is 0 Å². The van der Waals surface area contributed by atoms with Gasteiger partial charge in [-0.25, -0.2) is 0 Å². The van der Waals surface area contributed by atoms with E-state index < -0.39 is 5.60 Å². The average molecular weight is 202 g/mol. The highest BCUT2D eigenvalue weighted by Crippen LogP contribution is 2.09. The van der Waals surface area contributed by atoms with Crippen LogP contribution < -0.4 is 11.1 Å². The van der Waals surface area contributed by atoms with Crippen LogP contribution in [0.15, 0.2) is 0 Å². The monoisotopic (exact) mass is 202 g/mol. The summed E-state index contributed by atoms with van der Waals surface area (Å²) in [5.41, 5.74) is 4.49. The summed E-state index contributed by atoms with van der Waals surface area (Å²) in [7, 11) is 0. The van der Waals surface area contributed by atoms with Gasteiger partial charge in [-0.1, -0.05) is 13.3 Å². The van der Waals surface area contributed by atoms with E-state index in [0.29, 0.717) is 32.4 Å². The normalized spacial score (nSPS) is 14.9. The SMILES string of the molecule is CCCC(C)(O)CNC(=O)CCCN. The average Bonchev–Trinajstić information content (AvgIpc) is 2.11. The van der Waals surface area contributed by atoms with Gasteiger partial charge in [0.25, 0.3) is 0 Å². The molecule has 0 aliphatic rings. The maximum absolute atomic E-state index is 11.2. The van der Waals surface area contributed by atoms with Crippen LogP contribution in [-0.4, -0.2) is 29.7 Å². The summed E-state index contributed by atoms with van der Waals surface area (Å²) >= 11 is 0. The molecule has 4 heteroatoms. The number of carbonyl (C=O) groups excluding carboxylic acids is 1. The van der Waals surface area contributed by atoms with Crippen molar-refractivity contribution in [2.75, 3.05) is 13.1 Å². The van der Waals surface area contributed by atoms with Gasteiger partial charge in [0.2, 0.25) is 5.91 Å². The number of rotatable bonds is 7. The summed E-state index contributed by atoms with van der Waals surface area (Å²) in [4.78, 5) is 11.2. The van der Waals surface area contributed by atoms with Gasteiger partial charge in [-0.05, 0) is 26.3 Å². The van der Waals surface area contributed by atoms with Crippen molar-refractivity contribution in [2.45, 2.75) is 45.1 Å². The van der Waals surface area contributed by atoms with Crippen molar-refractivity contribution in [3.8, 4) is 0 Å². The molecule has 0 fully saturated rings. The highest BCUT2D eigenvalue weighted by molar-refractivity contribution is 5.75. The third-order valence-electron chi connectivity index (χ3n) is 2.06. The zero-order chi connectivity index (χ0) is 11.0. The highest BCUT2D eigenvalue weighted by atomic mass is 16.3. The molecule has 84 valence electrons. The number of carbonyl (C=O) groups is 1. The molecule has 0 aliphatic heterocycles. The van der Waals surface area contributed by atoms with Crippen LogP contribution in [0.3, 0.4) is 0 Å². The molecule has 1 amide bonds. The van der Waals surface area contributed by atoms with Crippen molar-refractivity contribution >= 4 is 5.91 Å². The second kappa shape index (κ2) is 6.79. The van der Waals surface area contributed by atoms with Gasteiger partial charge in [0, 0.05) is 13.0 Å². The Labute approximate surface area is 85.9 Å². The van der Waals surface area contributed by atoms with Crippen LogP contribution in [-0.2, 0) is 4.79 Å². The number of nitrogens with two attached hydrogens (primary N) is 1. The Morgan fingerprint density at radius 1 is 1.57 bits per heavy atom. The van der Waals surface area contributed by atoms with Crippen molar-refractivity contribution in [2.24, 2.45) is 5.73 Å². The largest absolute Gasteiger partial charge is 0.388 e. The predicted octanol–water partition coefficient (Wildman–Crippen LogP) is 0.393. The van der Waals surface area contributed by atoms with E-state index in [9.17, 15) is 9.90 Å². The molecule has 0 saturated heterocycles. The Hall–Kier alpha value is -0.610. The van der Waals surface area contributed by atoms with Gasteiger partial charge >= 0.3 is 0 Å². The number of amides is 1. The smallest absolute Gasteiger partial charge is 0.220 e. The lowest BCUT2D eigenvalue weighted by molar-refractivity contribution is -0.122. The number of hydrogen-bond donors (Lipinski definition) is 3. The predicted molar refractivity (Wildman–Crippen MR) is 56.8 cm³/mol. The fraction of sp³-hybridized carbons (Fsp3) is 0.900. The van der Waals surface area contributed by atoms with Gasteiger partial charge in [-0.3, -0.25) is 4.79 Å². The highest BCUT2D eigenvalue weighted by Gasteiger charge is 2.19. The minimum Gasteiger partial charge on any atom is -0.388 e. The number of nitrogens with one attached hydrogen (secondary N) is 1. The van der Waals surface area contributed by atoms with Gasteiger partial charge in [-0.15, -0.1) is 0 Å². The Balaban J connectivity index is 3.64. The van der Waals surface area contributed by atoms with E-state index >= 15 is 0 Å². The number of aliphatic hydroxyl groups is 1. The van der Waals surface area contributed by atoms with Crippen LogP contribution in [0.1, 0.15) is 39.5 Å². The summed E-state index contributed by atoms with van der Waals surface area (Å²) in [5.74, 6) is -0.0353. The third-order valence-corrected chi connectivity index (χ3v) is 2.06. The fourth-order valence-corrected chi connectivity index (χ4v) is 1.27. The van der Waals surface area contributed by atoms with Gasteiger partial charge in [-0.2, -0.15) is 0 Å². The molecule has 0 aromatic carbocycles. The molecule has 4 N–H and O–H groups in total. The van der Waals surface area contributed by atoms with E-state index in [1.807, 2.05) is 6.92 Å². The minimum atomic E-state index is -0.785. The van der Waals surface area contributed by atoms with Crippen LogP contribution in [0.4, 0.5) is 0 Å². The van der Waals surface area contributed by atoms with Crippen LogP contribution in [0.5, 0.6) is 0 Å². The fourth-order valence-electron chi connectivity index (χ4n) is 1.27. The lowest BCUT2D eigenvalue weighted by Crippen LogP contribution is -2.40. The molecule has 0 aromatic rings. The zero-order valence-corrected chi connectivity index (χ0v) is 9.18. The maximum Gasteiger partial charge on any atom is 0.220 e. The Morgan fingerprint density at radius 3 is 2.71 bits per heavy atom. The van der Waals surface area contributed by atoms with Crippen LogP contribution >= 0.6 is 0 Å². The molecule has 14 heavy (non-hydrogen) atoms. The molecule has 0 heterocycles. The summed E-state index contributed by atoms with van der Waals surface area (Å²) in [6.45, 7) is 4.59. The van der Waals surface area contributed by atoms with E-state index in [1.54, 1.807) is 6.92 Å². The summed E-state index contributed by atoms with van der Waals surface area (Å²) in [6.07, 6.45) is 2.75. The first kappa shape index (κ1) is 13.4. The van der Waals surface area contributed by atoms with E-state index in [0.717, 1.165) is 6.42 Å². The third kappa shape index (κ3) is 6.86. The van der Waals surface area contributed by atoms with Gasteiger partial charge in [0.05, 0.1) is 5.60 Å². The standard InChI is InChI=1S/C10H22N2O2/c1-3-6-10(2,14)8-12-9(13)5-4-7-11/h14H,3-8,11H2,1-2H3,(H,12,13). The number of hydrogen-bond acceptors (Lipinski definition) is 3. The molecule has 0 bridgehead atoms. The second-order valence-electron chi connectivity index (χ2n) is 3.92. The Kier molecular flexibility index (Phi) is 6.49. The van der Waals surface area contributed by atoms with Gasteiger partial charge in [0.1, 0.15) is 0 Å².